The first-order valence-electron chi connectivity index (χ1n) is 7.68. The van der Waals surface area contributed by atoms with Crippen molar-refractivity contribution in [2.75, 3.05) is 32.7 Å². The fourth-order valence-electron chi connectivity index (χ4n) is 2.14. The van der Waals surface area contributed by atoms with Crippen LogP contribution in [0.1, 0.15) is 18.6 Å². The first kappa shape index (κ1) is 17.6. The number of carbonyl (C=O) groups excluding carboxylic acids is 1. The maximum absolute atomic E-state index is 11.4. The molecule has 8 nitrogen and oxygen atoms in total. The van der Waals surface area contributed by atoms with Gasteiger partial charge in [0.1, 0.15) is 12.2 Å². The molecule has 130 valence electrons. The zero-order valence-electron chi connectivity index (χ0n) is 14.1. The third kappa shape index (κ3) is 4.87. The average molecular weight is 334 g/mol. The van der Waals surface area contributed by atoms with Crippen molar-refractivity contribution in [1.29, 1.82) is 0 Å². The Hall–Kier alpha value is -2.77. The first-order chi connectivity index (χ1) is 11.7. The predicted molar refractivity (Wildman–Crippen MR) is 88.5 cm³/mol. The number of esters is 1. The van der Waals surface area contributed by atoms with Gasteiger partial charge in [0.25, 0.3) is 0 Å². The van der Waals surface area contributed by atoms with Crippen molar-refractivity contribution in [2.45, 2.75) is 19.8 Å². The van der Waals surface area contributed by atoms with E-state index in [1.54, 1.807) is 21.1 Å². The molecule has 1 heterocycles. The van der Waals surface area contributed by atoms with Crippen LogP contribution in [-0.4, -0.2) is 48.5 Å². The average Bonchev–Trinajstić information content (AvgIpc) is 3.02. The largest absolute Gasteiger partial charge is 0.493 e. The van der Waals surface area contributed by atoms with E-state index in [0.717, 1.165) is 5.69 Å². The Morgan fingerprint density at radius 1 is 1.25 bits per heavy atom. The van der Waals surface area contributed by atoms with Gasteiger partial charge in [0.15, 0.2) is 17.3 Å². The molecule has 0 aliphatic rings. The Morgan fingerprint density at radius 3 is 2.75 bits per heavy atom. The van der Waals surface area contributed by atoms with Gasteiger partial charge >= 0.3 is 5.97 Å². The third-order valence-corrected chi connectivity index (χ3v) is 3.26. The van der Waals surface area contributed by atoms with E-state index in [4.69, 9.17) is 14.2 Å². The number of hydrogen-bond acceptors (Lipinski definition) is 7. The number of methoxy groups -OCH3 is 2. The van der Waals surface area contributed by atoms with E-state index in [2.05, 4.69) is 20.5 Å². The zero-order valence-corrected chi connectivity index (χ0v) is 14.1. The molecule has 0 bridgehead atoms. The maximum atomic E-state index is 11.4. The number of aromatic nitrogens is 3. The molecule has 0 aliphatic carbocycles. The van der Waals surface area contributed by atoms with Gasteiger partial charge in [-0.15, -0.1) is 0 Å². The number of hydrogen-bond donors (Lipinski definition) is 2. The fourth-order valence-corrected chi connectivity index (χ4v) is 2.14. The van der Waals surface area contributed by atoms with Crippen molar-refractivity contribution < 1.29 is 19.0 Å². The van der Waals surface area contributed by atoms with Crippen LogP contribution in [0.2, 0.25) is 0 Å². The molecular weight excluding hydrogens is 312 g/mol. The molecular formula is C16H22N4O4. The van der Waals surface area contributed by atoms with E-state index >= 15 is 0 Å². The van der Waals surface area contributed by atoms with Crippen LogP contribution in [-0.2, 0) is 22.4 Å². The van der Waals surface area contributed by atoms with Crippen LogP contribution < -0.4 is 14.8 Å². The molecule has 0 atom stereocenters. The van der Waals surface area contributed by atoms with Gasteiger partial charge < -0.3 is 19.5 Å². The summed E-state index contributed by atoms with van der Waals surface area (Å²) in [5, 5.41) is 10.1. The highest BCUT2D eigenvalue weighted by molar-refractivity contribution is 5.71. The number of benzene rings is 1. The summed E-state index contributed by atoms with van der Waals surface area (Å²) in [5.41, 5.74) is 0.912. The minimum atomic E-state index is -0.316. The lowest BCUT2D eigenvalue weighted by atomic mass is 10.2. The number of nitrogens with one attached hydrogen (secondary N) is 2. The maximum Gasteiger partial charge on any atom is 0.313 e. The quantitative estimate of drug-likeness (QED) is 0.672. The second kappa shape index (κ2) is 8.76. The monoisotopic (exact) mass is 334 g/mol. The summed E-state index contributed by atoms with van der Waals surface area (Å²) in [6, 6.07) is 5.61. The summed E-state index contributed by atoms with van der Waals surface area (Å²) < 4.78 is 15.3. The predicted octanol–water partition coefficient (Wildman–Crippen LogP) is 1.58. The minimum absolute atomic E-state index is 0.101. The summed E-state index contributed by atoms with van der Waals surface area (Å²) in [5.74, 6) is 2.18. The number of nitrogens with zero attached hydrogens (tertiary/aromatic N) is 2. The summed E-state index contributed by atoms with van der Waals surface area (Å²) in [6.07, 6.45) is 0.720. The van der Waals surface area contributed by atoms with Gasteiger partial charge in [-0.25, -0.2) is 4.98 Å². The molecule has 2 aromatic rings. The van der Waals surface area contributed by atoms with Crippen LogP contribution >= 0.6 is 0 Å². The molecule has 8 heteroatoms. The van der Waals surface area contributed by atoms with Gasteiger partial charge in [0, 0.05) is 24.7 Å². The van der Waals surface area contributed by atoms with Crippen molar-refractivity contribution in [3.05, 3.63) is 29.8 Å². The van der Waals surface area contributed by atoms with Crippen molar-refractivity contribution in [2.24, 2.45) is 0 Å². The first-order valence-corrected chi connectivity index (χ1v) is 7.68. The highest BCUT2D eigenvalue weighted by atomic mass is 16.5. The molecule has 24 heavy (non-hydrogen) atoms. The van der Waals surface area contributed by atoms with Gasteiger partial charge in [-0.3, -0.25) is 9.89 Å². The molecule has 0 fully saturated rings. The van der Waals surface area contributed by atoms with Crippen LogP contribution in [0.3, 0.4) is 0 Å². The van der Waals surface area contributed by atoms with Crippen molar-refractivity contribution in [1.82, 2.24) is 15.2 Å². The Kier molecular flexibility index (Phi) is 6.41. The topological polar surface area (TPSA) is 98.4 Å². The number of aromatic amines is 1. The van der Waals surface area contributed by atoms with E-state index in [1.165, 1.54) is 0 Å². The molecule has 0 unspecified atom stereocenters. The minimum Gasteiger partial charge on any atom is -0.493 e. The van der Waals surface area contributed by atoms with E-state index in [1.807, 2.05) is 18.2 Å². The van der Waals surface area contributed by atoms with E-state index in [9.17, 15) is 4.79 Å². The third-order valence-electron chi connectivity index (χ3n) is 3.26. The summed E-state index contributed by atoms with van der Waals surface area (Å²) in [4.78, 5) is 15.7. The summed E-state index contributed by atoms with van der Waals surface area (Å²) >= 11 is 0. The second-order valence-electron chi connectivity index (χ2n) is 4.93. The number of ether oxygens (including phenoxy) is 3. The normalized spacial score (nSPS) is 10.3. The molecule has 0 amide bonds. The van der Waals surface area contributed by atoms with E-state index in [-0.39, 0.29) is 12.4 Å². The summed E-state index contributed by atoms with van der Waals surface area (Å²) in [7, 11) is 3.20. The molecule has 0 spiro atoms. The summed E-state index contributed by atoms with van der Waals surface area (Å²) in [6.45, 7) is 2.77. The molecule has 2 N–H and O–H groups in total. The Morgan fingerprint density at radius 2 is 2.04 bits per heavy atom. The molecule has 0 saturated carbocycles. The molecule has 0 aliphatic heterocycles. The fraction of sp³-hybridized carbons (Fsp3) is 0.438. The van der Waals surface area contributed by atoms with Gasteiger partial charge in [-0.2, -0.15) is 5.10 Å². The SMILES string of the molecule is CCOC(=O)Cc1nc(CCNc2ccc(OC)c(OC)c2)n[nH]1. The Labute approximate surface area is 140 Å². The van der Waals surface area contributed by atoms with Crippen LogP contribution in [0.25, 0.3) is 0 Å². The molecule has 0 radical (unpaired) electrons. The van der Waals surface area contributed by atoms with E-state index in [0.29, 0.717) is 42.7 Å². The molecule has 1 aromatic heterocycles. The van der Waals surface area contributed by atoms with Crippen molar-refractivity contribution in [3.8, 4) is 11.5 Å². The number of H-pyrrole nitrogens is 1. The highest BCUT2D eigenvalue weighted by Crippen LogP contribution is 2.29. The van der Waals surface area contributed by atoms with Gasteiger partial charge in [-0.05, 0) is 19.1 Å². The zero-order chi connectivity index (χ0) is 17.4. The molecule has 0 saturated heterocycles. The highest BCUT2D eigenvalue weighted by Gasteiger charge is 2.09. The Bertz CT molecular complexity index is 672. The van der Waals surface area contributed by atoms with Crippen LogP contribution in [0, 0.1) is 0 Å². The lowest BCUT2D eigenvalue weighted by Crippen LogP contribution is -2.09. The van der Waals surface area contributed by atoms with Gasteiger partial charge in [0.05, 0.1) is 20.8 Å². The van der Waals surface area contributed by atoms with Crippen molar-refractivity contribution in [3.63, 3.8) is 0 Å². The lowest BCUT2D eigenvalue weighted by Gasteiger charge is -2.10. The van der Waals surface area contributed by atoms with E-state index < -0.39 is 0 Å². The number of carbonyl (C=O) groups is 1. The molecule has 1 aromatic carbocycles. The van der Waals surface area contributed by atoms with Crippen molar-refractivity contribution >= 4 is 11.7 Å². The number of anilines is 1. The van der Waals surface area contributed by atoms with Crippen LogP contribution in [0.5, 0.6) is 11.5 Å². The Balaban J connectivity index is 1.84. The van der Waals surface area contributed by atoms with Crippen LogP contribution in [0.15, 0.2) is 18.2 Å². The smallest absolute Gasteiger partial charge is 0.313 e. The number of rotatable bonds is 9. The lowest BCUT2D eigenvalue weighted by molar-refractivity contribution is -0.142. The second-order valence-corrected chi connectivity index (χ2v) is 4.93. The van der Waals surface area contributed by atoms with Crippen LogP contribution in [0.4, 0.5) is 5.69 Å². The molecule has 2 rings (SSSR count). The van der Waals surface area contributed by atoms with Gasteiger partial charge in [0.2, 0.25) is 0 Å². The standard InChI is InChI=1S/C16H22N4O4/c1-4-24-16(21)10-15-18-14(19-20-15)7-8-17-11-5-6-12(22-2)13(9-11)23-3/h5-6,9,17H,4,7-8,10H2,1-3H3,(H,18,19,20). The van der Waals surface area contributed by atoms with Gasteiger partial charge in [-0.1, -0.05) is 0 Å².